The molecule has 0 amide bonds. The van der Waals surface area contributed by atoms with E-state index in [1.54, 1.807) is 14.0 Å². The first-order valence-corrected chi connectivity index (χ1v) is 15.1. The van der Waals surface area contributed by atoms with Crippen molar-refractivity contribution < 1.29 is 0 Å². The molecule has 2 aliphatic heterocycles. The van der Waals surface area contributed by atoms with Gasteiger partial charge in [-0.05, 0) is 52.1 Å². The predicted molar refractivity (Wildman–Crippen MR) is 175 cm³/mol. The molecule has 0 saturated carbocycles. The molecule has 0 bridgehead atoms. The number of rotatable bonds is 7. The van der Waals surface area contributed by atoms with Crippen LogP contribution in [-0.2, 0) is 20.1 Å². The van der Waals surface area contributed by atoms with Gasteiger partial charge in [0.15, 0.2) is 11.2 Å². The molecule has 0 radical (unpaired) electrons. The van der Waals surface area contributed by atoms with Gasteiger partial charge in [-0.1, -0.05) is 24.1 Å². The topological polar surface area (TPSA) is 118 Å². The number of fused-ring (bicyclic) bond motifs is 2. The molecule has 2 atom stereocenters. The highest BCUT2D eigenvalue weighted by Gasteiger charge is 2.30. The van der Waals surface area contributed by atoms with E-state index in [4.69, 9.17) is 4.98 Å². The Kier molecular flexibility index (Phi) is 9.70. The molecule has 6 rings (SSSR count). The van der Waals surface area contributed by atoms with Gasteiger partial charge in [0.2, 0.25) is 5.95 Å². The number of benzene rings is 1. The number of piperidine rings is 2. The molecule has 4 aromatic rings. The number of halogens is 1. The van der Waals surface area contributed by atoms with Gasteiger partial charge in [0.25, 0.3) is 5.56 Å². The van der Waals surface area contributed by atoms with Gasteiger partial charge in [0, 0.05) is 56.9 Å². The molecule has 44 heavy (non-hydrogen) atoms. The van der Waals surface area contributed by atoms with E-state index >= 15 is 0 Å². The minimum absolute atomic E-state index is 0. The number of hydrogen-bond acceptors (Lipinski definition) is 9. The maximum Gasteiger partial charge on any atom is 0.332 e. The van der Waals surface area contributed by atoms with E-state index in [-0.39, 0.29) is 25.0 Å². The van der Waals surface area contributed by atoms with Crippen LogP contribution in [-0.4, -0.2) is 79.0 Å². The van der Waals surface area contributed by atoms with Gasteiger partial charge in [0.1, 0.15) is 5.82 Å². The minimum Gasteiger partial charge on any atom is -0.341 e. The second-order valence-electron chi connectivity index (χ2n) is 11.6. The third-order valence-corrected chi connectivity index (χ3v) is 8.68. The standard InChI is InChI=1S/C31H40N10O2.ClH/c1-5-6-17-40-27-28(35-30(40)39-16-10-12-23(19-39)38(4)36-22-11-9-15-32-18-22)37(3)31(43)41(29(27)42)20-26-33-21(2)24-13-7-8-14-25(24)34-26;/h7-8,13-14,22-23,32,36H,9-12,15-20H2,1-4H3;1H. The number of aromatic nitrogens is 6. The summed E-state index contributed by atoms with van der Waals surface area (Å²) >= 11 is 0. The van der Waals surface area contributed by atoms with Crippen LogP contribution in [0.4, 0.5) is 5.95 Å². The Balaban J connectivity index is 0.00000384. The maximum atomic E-state index is 14.1. The first kappa shape index (κ1) is 31.7. The Morgan fingerprint density at radius 3 is 2.70 bits per heavy atom. The van der Waals surface area contributed by atoms with E-state index in [9.17, 15) is 9.59 Å². The van der Waals surface area contributed by atoms with Crippen LogP contribution in [0.15, 0.2) is 33.9 Å². The third kappa shape index (κ3) is 6.10. The van der Waals surface area contributed by atoms with Crippen molar-refractivity contribution in [3.8, 4) is 11.8 Å². The molecule has 234 valence electrons. The Labute approximate surface area is 262 Å². The molecule has 2 fully saturated rings. The molecular formula is C31H41ClN10O2. The van der Waals surface area contributed by atoms with E-state index in [0.717, 1.165) is 62.0 Å². The molecule has 12 nitrogen and oxygen atoms in total. The second kappa shape index (κ2) is 13.5. The first-order chi connectivity index (χ1) is 20.9. The average molecular weight is 621 g/mol. The zero-order valence-corrected chi connectivity index (χ0v) is 26.7. The number of hydrogen-bond donors (Lipinski definition) is 2. The normalized spacial score (nSPS) is 18.8. The van der Waals surface area contributed by atoms with Crippen molar-refractivity contribution in [3.63, 3.8) is 0 Å². The highest BCUT2D eigenvalue weighted by atomic mass is 35.5. The number of anilines is 1. The summed E-state index contributed by atoms with van der Waals surface area (Å²) in [6.07, 6.45) is 4.38. The van der Waals surface area contributed by atoms with Crippen LogP contribution in [0.3, 0.4) is 0 Å². The highest BCUT2D eigenvalue weighted by Crippen LogP contribution is 2.25. The maximum absolute atomic E-state index is 14.1. The van der Waals surface area contributed by atoms with Crippen molar-refractivity contribution in [2.45, 2.75) is 64.7 Å². The van der Waals surface area contributed by atoms with E-state index < -0.39 is 11.2 Å². The van der Waals surface area contributed by atoms with Crippen molar-refractivity contribution in [2.24, 2.45) is 7.05 Å². The molecule has 2 N–H and O–H groups in total. The van der Waals surface area contributed by atoms with Crippen LogP contribution < -0.4 is 26.9 Å². The summed E-state index contributed by atoms with van der Waals surface area (Å²) in [6, 6.07) is 8.42. The molecule has 13 heteroatoms. The Morgan fingerprint density at radius 1 is 1.11 bits per heavy atom. The van der Waals surface area contributed by atoms with Crippen molar-refractivity contribution in [3.05, 3.63) is 56.6 Å². The summed E-state index contributed by atoms with van der Waals surface area (Å²) in [5.41, 5.74) is 5.12. The van der Waals surface area contributed by atoms with Crippen molar-refractivity contribution >= 4 is 40.4 Å². The number of para-hydroxylation sites is 1. The molecule has 1 aromatic carbocycles. The lowest BCUT2D eigenvalue weighted by atomic mass is 10.1. The second-order valence-corrected chi connectivity index (χ2v) is 11.6. The van der Waals surface area contributed by atoms with E-state index in [0.29, 0.717) is 35.5 Å². The number of likely N-dealkylation sites (N-methyl/N-ethyl adjacent to an activating group) is 1. The van der Waals surface area contributed by atoms with E-state index in [2.05, 4.69) is 49.5 Å². The summed E-state index contributed by atoms with van der Waals surface area (Å²) in [5, 5.41) is 6.66. The quantitative estimate of drug-likeness (QED) is 0.236. The Bertz CT molecular complexity index is 1830. The minimum atomic E-state index is -0.453. The smallest absolute Gasteiger partial charge is 0.332 e. The van der Waals surface area contributed by atoms with Crippen LogP contribution in [0.2, 0.25) is 0 Å². The number of aryl methyl sites for hydroxylation is 2. The fourth-order valence-electron chi connectivity index (χ4n) is 6.36. The third-order valence-electron chi connectivity index (χ3n) is 8.68. The SMILES string of the molecule is CC#CCn1c(N2CCCC(N(C)NC3CCCNC3)C2)nc2c1c(=O)n(Cc1nc(C)c3ccccc3n1)c(=O)n2C.Cl. The molecule has 0 aliphatic carbocycles. The van der Waals surface area contributed by atoms with Crippen LogP contribution in [0.5, 0.6) is 0 Å². The Morgan fingerprint density at radius 2 is 1.93 bits per heavy atom. The summed E-state index contributed by atoms with van der Waals surface area (Å²) in [7, 11) is 3.78. The summed E-state index contributed by atoms with van der Waals surface area (Å²) < 4.78 is 4.54. The Hall–Kier alpha value is -3.76. The van der Waals surface area contributed by atoms with Gasteiger partial charge < -0.3 is 10.2 Å². The predicted octanol–water partition coefficient (Wildman–Crippen LogP) is 1.80. The van der Waals surface area contributed by atoms with Crippen LogP contribution in [0.25, 0.3) is 22.1 Å². The lowest BCUT2D eigenvalue weighted by molar-refractivity contribution is 0.112. The summed E-state index contributed by atoms with van der Waals surface area (Å²) in [6.45, 7) is 7.56. The van der Waals surface area contributed by atoms with Crippen LogP contribution >= 0.6 is 12.4 Å². The van der Waals surface area contributed by atoms with Crippen LogP contribution in [0, 0.1) is 18.8 Å². The molecular weight excluding hydrogens is 580 g/mol. The first-order valence-electron chi connectivity index (χ1n) is 15.1. The zero-order chi connectivity index (χ0) is 30.1. The summed E-state index contributed by atoms with van der Waals surface area (Å²) in [4.78, 5) is 44.0. The fraction of sp³-hybridized carbons (Fsp3) is 0.516. The van der Waals surface area contributed by atoms with Crippen molar-refractivity contribution in [1.29, 1.82) is 0 Å². The van der Waals surface area contributed by atoms with Gasteiger partial charge in [-0.2, -0.15) is 4.98 Å². The largest absolute Gasteiger partial charge is 0.341 e. The van der Waals surface area contributed by atoms with Crippen molar-refractivity contribution in [2.75, 3.05) is 38.1 Å². The number of nitrogens with zero attached hydrogens (tertiary/aromatic N) is 8. The van der Waals surface area contributed by atoms with Gasteiger partial charge in [-0.15, -0.1) is 18.3 Å². The van der Waals surface area contributed by atoms with Gasteiger partial charge in [-0.25, -0.2) is 19.8 Å². The fourth-order valence-corrected chi connectivity index (χ4v) is 6.36. The zero-order valence-electron chi connectivity index (χ0n) is 25.8. The average Bonchev–Trinajstić information content (AvgIpc) is 3.41. The molecule has 0 spiro atoms. The molecule has 2 aliphatic rings. The van der Waals surface area contributed by atoms with Gasteiger partial charge in [-0.3, -0.25) is 23.9 Å². The molecule has 2 saturated heterocycles. The molecule has 2 unspecified atom stereocenters. The summed E-state index contributed by atoms with van der Waals surface area (Å²) in [5.74, 6) is 7.16. The molecule has 5 heterocycles. The number of hydrazine groups is 1. The van der Waals surface area contributed by atoms with Crippen molar-refractivity contribution in [1.82, 2.24) is 44.4 Å². The highest BCUT2D eigenvalue weighted by molar-refractivity contribution is 5.85. The lowest BCUT2D eigenvalue weighted by Crippen LogP contribution is -2.57. The monoisotopic (exact) mass is 620 g/mol. The van der Waals surface area contributed by atoms with Crippen LogP contribution in [0.1, 0.15) is 44.1 Å². The van der Waals surface area contributed by atoms with Gasteiger partial charge in [0.05, 0.1) is 18.6 Å². The molecule has 3 aromatic heterocycles. The number of nitrogens with one attached hydrogen (secondary N) is 2. The van der Waals surface area contributed by atoms with E-state index in [1.165, 1.54) is 15.6 Å². The lowest BCUT2D eigenvalue weighted by Gasteiger charge is -2.40. The van der Waals surface area contributed by atoms with Gasteiger partial charge >= 0.3 is 5.69 Å². The number of imidazole rings is 1. The van der Waals surface area contributed by atoms with E-state index in [1.807, 2.05) is 35.8 Å².